The predicted octanol–water partition coefficient (Wildman–Crippen LogP) is 6.02. The number of carbonyl (C=O) groups is 2. The van der Waals surface area contributed by atoms with Crippen molar-refractivity contribution in [1.82, 2.24) is 0 Å². The molecule has 3 saturated carbocycles. The zero-order chi connectivity index (χ0) is 21.7. The third kappa shape index (κ3) is 6.23. The number of hydrogen-bond acceptors (Lipinski definition) is 4. The van der Waals surface area contributed by atoms with E-state index in [0.29, 0.717) is 36.9 Å². The van der Waals surface area contributed by atoms with Gasteiger partial charge in [0.15, 0.2) is 0 Å². The van der Waals surface area contributed by atoms with E-state index in [9.17, 15) is 9.59 Å². The van der Waals surface area contributed by atoms with Gasteiger partial charge in [0.2, 0.25) is 0 Å². The van der Waals surface area contributed by atoms with Crippen LogP contribution in [0.1, 0.15) is 91.9 Å². The molecule has 3 aliphatic rings. The van der Waals surface area contributed by atoms with Gasteiger partial charge in [-0.1, -0.05) is 53.4 Å². The average molecular weight is 421 g/mol. The van der Waals surface area contributed by atoms with E-state index in [2.05, 4.69) is 27.7 Å². The first-order valence-corrected chi connectivity index (χ1v) is 12.7. The minimum Gasteiger partial charge on any atom is -0.465 e. The van der Waals surface area contributed by atoms with Crippen LogP contribution >= 0.6 is 0 Å². The lowest BCUT2D eigenvalue weighted by atomic mass is 9.76. The molecule has 8 unspecified atom stereocenters. The molecule has 0 bridgehead atoms. The maximum absolute atomic E-state index is 12.9. The molecule has 3 aliphatic carbocycles. The first kappa shape index (κ1) is 23.6. The Morgan fingerprint density at radius 1 is 0.633 bits per heavy atom. The summed E-state index contributed by atoms with van der Waals surface area (Å²) in [6.45, 7) is 10.2. The number of carbonyl (C=O) groups excluding carboxylic acids is 2. The van der Waals surface area contributed by atoms with E-state index >= 15 is 0 Å². The number of esters is 2. The molecule has 0 aromatic heterocycles. The van der Waals surface area contributed by atoms with E-state index in [0.717, 1.165) is 50.4 Å². The van der Waals surface area contributed by atoms with Crippen molar-refractivity contribution in [3.63, 3.8) is 0 Å². The largest absolute Gasteiger partial charge is 0.465 e. The zero-order valence-corrected chi connectivity index (χ0v) is 19.7. The van der Waals surface area contributed by atoms with E-state index in [-0.39, 0.29) is 23.8 Å². The Morgan fingerprint density at radius 2 is 1.03 bits per heavy atom. The second kappa shape index (κ2) is 11.0. The van der Waals surface area contributed by atoms with Gasteiger partial charge in [-0.2, -0.15) is 0 Å². The van der Waals surface area contributed by atoms with Crippen LogP contribution in [-0.2, 0) is 19.1 Å². The van der Waals surface area contributed by atoms with Crippen molar-refractivity contribution >= 4 is 11.9 Å². The molecule has 4 heteroatoms. The summed E-state index contributed by atoms with van der Waals surface area (Å²) in [5, 5.41) is 0. The fraction of sp³-hybridized carbons (Fsp3) is 0.923. The fourth-order valence-corrected chi connectivity index (χ4v) is 6.24. The second-order valence-corrected chi connectivity index (χ2v) is 11.1. The molecule has 30 heavy (non-hydrogen) atoms. The van der Waals surface area contributed by atoms with E-state index in [4.69, 9.17) is 9.47 Å². The van der Waals surface area contributed by atoms with Gasteiger partial charge in [0.05, 0.1) is 25.0 Å². The van der Waals surface area contributed by atoms with Gasteiger partial charge < -0.3 is 9.47 Å². The second-order valence-electron chi connectivity index (χ2n) is 11.1. The Morgan fingerprint density at radius 3 is 1.40 bits per heavy atom. The Bertz CT molecular complexity index is 523. The molecule has 4 nitrogen and oxygen atoms in total. The third-order valence-corrected chi connectivity index (χ3v) is 8.47. The first-order chi connectivity index (χ1) is 14.3. The average Bonchev–Trinajstić information content (AvgIpc) is 2.72. The molecule has 3 rings (SSSR count). The summed E-state index contributed by atoms with van der Waals surface area (Å²) >= 11 is 0. The first-order valence-electron chi connectivity index (χ1n) is 12.7. The van der Waals surface area contributed by atoms with E-state index in [1.54, 1.807) is 0 Å². The number of ether oxygens (including phenoxy) is 2. The standard InChI is InChI=1S/C26H44O4/c1-17-9-11-21(19(3)13-17)15-29-25(27)23-7-5-6-8-24(23)26(28)30-16-22-12-10-18(2)14-20(22)4/h17-24H,5-16H2,1-4H3. The van der Waals surface area contributed by atoms with Gasteiger partial charge in [-0.05, 0) is 74.0 Å². The van der Waals surface area contributed by atoms with Crippen LogP contribution in [0.15, 0.2) is 0 Å². The summed E-state index contributed by atoms with van der Waals surface area (Å²) in [6.07, 6.45) is 10.7. The van der Waals surface area contributed by atoms with Crippen LogP contribution in [-0.4, -0.2) is 25.2 Å². The van der Waals surface area contributed by atoms with Crippen LogP contribution in [0.4, 0.5) is 0 Å². The fourth-order valence-electron chi connectivity index (χ4n) is 6.24. The highest BCUT2D eigenvalue weighted by atomic mass is 16.5. The third-order valence-electron chi connectivity index (χ3n) is 8.47. The quantitative estimate of drug-likeness (QED) is 0.493. The normalized spacial score (nSPS) is 39.9. The van der Waals surface area contributed by atoms with Gasteiger partial charge in [0.25, 0.3) is 0 Å². The highest BCUT2D eigenvalue weighted by Gasteiger charge is 2.39. The van der Waals surface area contributed by atoms with E-state index < -0.39 is 0 Å². The molecular formula is C26H44O4. The minimum atomic E-state index is -0.312. The minimum absolute atomic E-state index is 0.165. The molecule has 0 N–H and O–H groups in total. The monoisotopic (exact) mass is 420 g/mol. The molecule has 0 aliphatic heterocycles. The lowest BCUT2D eigenvalue weighted by molar-refractivity contribution is -0.165. The van der Waals surface area contributed by atoms with Gasteiger partial charge in [-0.15, -0.1) is 0 Å². The SMILES string of the molecule is CC1CCC(COC(=O)C2CCCCC2C(=O)OCC2CCC(C)CC2C)C(C)C1. The Labute approximate surface area is 183 Å². The predicted molar refractivity (Wildman–Crippen MR) is 119 cm³/mol. The summed E-state index contributed by atoms with van der Waals surface area (Å²) in [6, 6.07) is 0. The molecular weight excluding hydrogens is 376 g/mol. The van der Waals surface area contributed by atoms with Crippen molar-refractivity contribution in [3.05, 3.63) is 0 Å². The van der Waals surface area contributed by atoms with Gasteiger partial charge in [-0.25, -0.2) is 0 Å². The Hall–Kier alpha value is -1.06. The van der Waals surface area contributed by atoms with Crippen LogP contribution in [0.5, 0.6) is 0 Å². The molecule has 0 saturated heterocycles. The number of hydrogen-bond donors (Lipinski definition) is 0. The molecule has 0 amide bonds. The van der Waals surface area contributed by atoms with Gasteiger partial charge in [0, 0.05) is 0 Å². The summed E-state index contributed by atoms with van der Waals surface area (Å²) in [5.41, 5.74) is 0. The summed E-state index contributed by atoms with van der Waals surface area (Å²) in [4.78, 5) is 25.8. The molecule has 0 radical (unpaired) electrons. The smallest absolute Gasteiger partial charge is 0.309 e. The van der Waals surface area contributed by atoms with Crippen molar-refractivity contribution in [3.8, 4) is 0 Å². The van der Waals surface area contributed by atoms with E-state index in [1.807, 2.05) is 0 Å². The van der Waals surface area contributed by atoms with Crippen LogP contribution in [0, 0.1) is 47.3 Å². The molecule has 172 valence electrons. The summed E-state index contributed by atoms with van der Waals surface area (Å²) in [5.74, 6) is 2.75. The molecule has 0 aromatic rings. The number of rotatable bonds is 6. The molecule has 0 aromatic carbocycles. The van der Waals surface area contributed by atoms with Gasteiger partial charge >= 0.3 is 11.9 Å². The van der Waals surface area contributed by atoms with Gasteiger partial charge in [-0.3, -0.25) is 9.59 Å². The topological polar surface area (TPSA) is 52.6 Å². The maximum Gasteiger partial charge on any atom is 0.309 e. The van der Waals surface area contributed by atoms with Crippen LogP contribution in [0.3, 0.4) is 0 Å². The molecule has 0 spiro atoms. The highest BCUT2D eigenvalue weighted by Crippen LogP contribution is 2.37. The molecule has 3 fully saturated rings. The van der Waals surface area contributed by atoms with Crippen molar-refractivity contribution in [1.29, 1.82) is 0 Å². The Kier molecular flexibility index (Phi) is 8.65. The van der Waals surface area contributed by atoms with Crippen molar-refractivity contribution in [2.75, 3.05) is 13.2 Å². The zero-order valence-electron chi connectivity index (χ0n) is 19.7. The van der Waals surface area contributed by atoms with E-state index in [1.165, 1.54) is 25.7 Å². The van der Waals surface area contributed by atoms with Crippen molar-refractivity contribution in [2.24, 2.45) is 47.3 Å². The van der Waals surface area contributed by atoms with Crippen molar-refractivity contribution in [2.45, 2.75) is 91.9 Å². The van der Waals surface area contributed by atoms with Crippen LogP contribution < -0.4 is 0 Å². The van der Waals surface area contributed by atoms with Crippen LogP contribution in [0.25, 0.3) is 0 Å². The van der Waals surface area contributed by atoms with Crippen LogP contribution in [0.2, 0.25) is 0 Å². The lowest BCUT2D eigenvalue weighted by Crippen LogP contribution is -2.37. The maximum atomic E-state index is 12.9. The Balaban J connectivity index is 1.48. The summed E-state index contributed by atoms with van der Waals surface area (Å²) in [7, 11) is 0. The van der Waals surface area contributed by atoms with Gasteiger partial charge in [0.1, 0.15) is 0 Å². The molecule has 8 atom stereocenters. The summed E-state index contributed by atoms with van der Waals surface area (Å²) < 4.78 is 11.6. The lowest BCUT2D eigenvalue weighted by Gasteiger charge is -2.34. The highest BCUT2D eigenvalue weighted by molar-refractivity contribution is 5.82. The van der Waals surface area contributed by atoms with Crippen molar-refractivity contribution < 1.29 is 19.1 Å². The molecule has 0 heterocycles.